The number of hydrogen-bond donors (Lipinski definition) is 3. The van der Waals surface area contributed by atoms with Gasteiger partial charge in [0.25, 0.3) is 0 Å². The van der Waals surface area contributed by atoms with E-state index in [1.54, 1.807) is 11.3 Å². The minimum Gasteiger partial charge on any atom is -0.391 e. The maximum atomic E-state index is 12.0. The fourth-order valence-corrected chi connectivity index (χ4v) is 2.99. The van der Waals surface area contributed by atoms with Gasteiger partial charge in [-0.15, -0.1) is 21.5 Å². The third-order valence-electron chi connectivity index (χ3n) is 3.45. The van der Waals surface area contributed by atoms with Gasteiger partial charge in [0, 0.05) is 24.9 Å². The molecule has 0 unspecified atom stereocenters. The number of aliphatic hydroxyl groups excluding tert-OH is 1. The molecule has 1 heterocycles. The highest BCUT2D eigenvalue weighted by Gasteiger charge is 2.30. The van der Waals surface area contributed by atoms with E-state index in [-0.39, 0.29) is 17.9 Å². The number of amides is 1. The van der Waals surface area contributed by atoms with E-state index < -0.39 is 6.10 Å². The Hall–Kier alpha value is -1.05. The Bertz CT molecular complexity index is 437. The number of hydrogen-bond acceptors (Lipinski definition) is 6. The van der Waals surface area contributed by atoms with Crippen molar-refractivity contribution in [2.75, 3.05) is 6.54 Å². The predicted molar refractivity (Wildman–Crippen MR) is 72.7 cm³/mol. The molecule has 0 saturated heterocycles. The summed E-state index contributed by atoms with van der Waals surface area (Å²) in [5, 5.41) is 22.4. The van der Waals surface area contributed by atoms with Crippen molar-refractivity contribution in [3.8, 4) is 0 Å². The lowest BCUT2D eigenvalue weighted by atomic mass is 9.84. The topological polar surface area (TPSA) is 101 Å². The van der Waals surface area contributed by atoms with Crippen LogP contribution in [0.4, 0.5) is 0 Å². The lowest BCUT2D eigenvalue weighted by Crippen LogP contribution is -2.44. The Balaban J connectivity index is 1.72. The molecule has 1 saturated carbocycles. The van der Waals surface area contributed by atoms with Crippen LogP contribution in [0.15, 0.2) is 0 Å². The van der Waals surface area contributed by atoms with Gasteiger partial charge >= 0.3 is 0 Å². The molecule has 3 atom stereocenters. The number of nitrogens with two attached hydrogens (primary N) is 1. The molecule has 0 spiro atoms. The second kappa shape index (κ2) is 6.40. The first-order chi connectivity index (χ1) is 9.06. The Morgan fingerprint density at radius 1 is 1.53 bits per heavy atom. The van der Waals surface area contributed by atoms with Gasteiger partial charge < -0.3 is 16.2 Å². The average Bonchev–Trinajstić information content (AvgIpc) is 2.78. The van der Waals surface area contributed by atoms with Crippen LogP contribution in [0, 0.1) is 12.8 Å². The van der Waals surface area contributed by atoms with Crippen LogP contribution in [0.5, 0.6) is 0 Å². The summed E-state index contributed by atoms with van der Waals surface area (Å²) in [5.41, 5.74) is 5.72. The molecule has 1 aromatic rings. The molecule has 1 aliphatic carbocycles. The Labute approximate surface area is 116 Å². The summed E-state index contributed by atoms with van der Waals surface area (Å²) in [7, 11) is 0. The summed E-state index contributed by atoms with van der Waals surface area (Å²) >= 11 is 1.55. The maximum absolute atomic E-state index is 12.0. The number of aromatic nitrogens is 2. The van der Waals surface area contributed by atoms with Crippen molar-refractivity contribution in [1.82, 2.24) is 15.5 Å². The van der Waals surface area contributed by atoms with Crippen molar-refractivity contribution in [2.45, 2.75) is 44.8 Å². The molecule has 2 rings (SSSR count). The second-order valence-electron chi connectivity index (χ2n) is 5.00. The normalized spacial score (nSPS) is 27.2. The van der Waals surface area contributed by atoms with Crippen LogP contribution in [-0.4, -0.2) is 39.9 Å². The predicted octanol–water partition coefficient (Wildman–Crippen LogP) is -0.00648. The molecule has 1 fully saturated rings. The van der Waals surface area contributed by atoms with Crippen LogP contribution in [0.1, 0.15) is 29.3 Å². The van der Waals surface area contributed by atoms with E-state index in [2.05, 4.69) is 15.5 Å². The lowest BCUT2D eigenvalue weighted by Gasteiger charge is -2.29. The summed E-state index contributed by atoms with van der Waals surface area (Å²) in [6.07, 6.45) is 2.06. The van der Waals surface area contributed by atoms with Gasteiger partial charge in [-0.1, -0.05) is 0 Å². The summed E-state index contributed by atoms with van der Waals surface area (Å²) in [6.45, 7) is 2.47. The minimum atomic E-state index is -0.560. The van der Waals surface area contributed by atoms with Crippen LogP contribution in [-0.2, 0) is 11.2 Å². The average molecular weight is 284 g/mol. The quantitative estimate of drug-likeness (QED) is 0.722. The van der Waals surface area contributed by atoms with Gasteiger partial charge in [-0.2, -0.15) is 0 Å². The molecule has 6 nitrogen and oxygen atoms in total. The molecule has 0 aromatic carbocycles. The molecular formula is C12H20N4O2S. The smallest absolute Gasteiger partial charge is 0.223 e. The zero-order valence-corrected chi connectivity index (χ0v) is 11.8. The Morgan fingerprint density at radius 2 is 2.32 bits per heavy atom. The summed E-state index contributed by atoms with van der Waals surface area (Å²) in [6, 6.07) is -0.187. The number of carbonyl (C=O) groups is 1. The SMILES string of the molecule is Cc1nnc(CCNC(=O)[C@H]2CC[C@@H](N)[C@H](O)C2)s1. The Morgan fingerprint density at radius 3 is 2.95 bits per heavy atom. The monoisotopic (exact) mass is 284 g/mol. The molecule has 1 aromatic heterocycles. The molecule has 19 heavy (non-hydrogen) atoms. The van der Waals surface area contributed by atoms with Gasteiger partial charge in [0.1, 0.15) is 10.0 Å². The van der Waals surface area contributed by atoms with E-state index >= 15 is 0 Å². The molecule has 106 valence electrons. The molecule has 1 aliphatic rings. The fraction of sp³-hybridized carbons (Fsp3) is 0.750. The fourth-order valence-electron chi connectivity index (χ4n) is 2.28. The van der Waals surface area contributed by atoms with Crippen molar-refractivity contribution in [3.63, 3.8) is 0 Å². The molecule has 4 N–H and O–H groups in total. The first kappa shape index (κ1) is 14.4. The maximum Gasteiger partial charge on any atom is 0.223 e. The zero-order chi connectivity index (χ0) is 13.8. The van der Waals surface area contributed by atoms with Gasteiger partial charge in [0.2, 0.25) is 5.91 Å². The van der Waals surface area contributed by atoms with E-state index in [4.69, 9.17) is 5.73 Å². The van der Waals surface area contributed by atoms with Crippen LogP contribution >= 0.6 is 11.3 Å². The molecule has 7 heteroatoms. The number of nitrogens with one attached hydrogen (secondary N) is 1. The number of aryl methyl sites for hydroxylation is 1. The van der Waals surface area contributed by atoms with E-state index in [1.165, 1.54) is 0 Å². The van der Waals surface area contributed by atoms with E-state index in [9.17, 15) is 9.90 Å². The van der Waals surface area contributed by atoms with Crippen LogP contribution in [0.2, 0.25) is 0 Å². The number of carbonyl (C=O) groups excluding carboxylic acids is 1. The highest BCUT2D eigenvalue weighted by molar-refractivity contribution is 7.11. The second-order valence-corrected chi connectivity index (χ2v) is 6.26. The molecular weight excluding hydrogens is 264 g/mol. The zero-order valence-electron chi connectivity index (χ0n) is 11.0. The highest BCUT2D eigenvalue weighted by atomic mass is 32.1. The first-order valence-electron chi connectivity index (χ1n) is 6.56. The number of nitrogens with zero attached hydrogens (tertiary/aromatic N) is 2. The number of rotatable bonds is 4. The molecule has 1 amide bonds. The first-order valence-corrected chi connectivity index (χ1v) is 7.38. The van der Waals surface area contributed by atoms with Gasteiger partial charge in [-0.3, -0.25) is 4.79 Å². The highest BCUT2D eigenvalue weighted by Crippen LogP contribution is 2.23. The van der Waals surface area contributed by atoms with Crippen LogP contribution in [0.3, 0.4) is 0 Å². The Kier molecular flexibility index (Phi) is 4.84. The third-order valence-corrected chi connectivity index (χ3v) is 4.34. The van der Waals surface area contributed by atoms with Crippen LogP contribution < -0.4 is 11.1 Å². The largest absolute Gasteiger partial charge is 0.391 e. The standard InChI is InChI=1S/C12H20N4O2S/c1-7-15-16-11(19-7)4-5-14-12(18)8-2-3-9(13)10(17)6-8/h8-10,17H,2-6,13H2,1H3,(H,14,18)/t8-,9+,10+/m0/s1. The van der Waals surface area contributed by atoms with Gasteiger partial charge in [-0.05, 0) is 26.2 Å². The van der Waals surface area contributed by atoms with Crippen molar-refractivity contribution >= 4 is 17.2 Å². The van der Waals surface area contributed by atoms with Crippen molar-refractivity contribution in [3.05, 3.63) is 10.0 Å². The summed E-state index contributed by atoms with van der Waals surface area (Å²) in [4.78, 5) is 12.0. The minimum absolute atomic E-state index is 0.00665. The molecule has 0 bridgehead atoms. The van der Waals surface area contributed by atoms with E-state index in [1.807, 2.05) is 6.92 Å². The van der Waals surface area contributed by atoms with Crippen molar-refractivity contribution in [2.24, 2.45) is 11.7 Å². The van der Waals surface area contributed by atoms with Crippen LogP contribution in [0.25, 0.3) is 0 Å². The van der Waals surface area contributed by atoms with Gasteiger partial charge in [0.15, 0.2) is 0 Å². The number of aliphatic hydroxyl groups is 1. The van der Waals surface area contributed by atoms with Gasteiger partial charge in [0.05, 0.1) is 6.10 Å². The third kappa shape index (κ3) is 3.95. The van der Waals surface area contributed by atoms with Crippen molar-refractivity contribution in [1.29, 1.82) is 0 Å². The van der Waals surface area contributed by atoms with Gasteiger partial charge in [-0.25, -0.2) is 0 Å². The summed E-state index contributed by atoms with van der Waals surface area (Å²) in [5.74, 6) is -0.113. The van der Waals surface area contributed by atoms with E-state index in [0.717, 1.165) is 16.4 Å². The van der Waals surface area contributed by atoms with Crippen molar-refractivity contribution < 1.29 is 9.90 Å². The summed E-state index contributed by atoms with van der Waals surface area (Å²) < 4.78 is 0. The molecule has 0 radical (unpaired) electrons. The molecule has 0 aliphatic heterocycles. The van der Waals surface area contributed by atoms with E-state index in [0.29, 0.717) is 25.8 Å². The lowest BCUT2D eigenvalue weighted by molar-refractivity contribution is -0.127.